The van der Waals surface area contributed by atoms with E-state index in [4.69, 9.17) is 9.84 Å². The lowest BCUT2D eigenvalue weighted by molar-refractivity contribution is -0.140. The first-order valence-corrected chi connectivity index (χ1v) is 5.76. The van der Waals surface area contributed by atoms with Gasteiger partial charge >= 0.3 is 5.97 Å². The quantitative estimate of drug-likeness (QED) is 0.262. The van der Waals surface area contributed by atoms with E-state index >= 15 is 0 Å². The Kier molecular flexibility index (Phi) is 5.02. The molecule has 1 N–H and O–H groups in total. The van der Waals surface area contributed by atoms with E-state index < -0.39 is 5.97 Å². The van der Waals surface area contributed by atoms with Crippen LogP contribution >= 0.6 is 0 Å². The van der Waals surface area contributed by atoms with E-state index in [1.807, 2.05) is 0 Å². The summed E-state index contributed by atoms with van der Waals surface area (Å²) in [5.41, 5.74) is -0.214. The molecule has 4 heteroatoms. The Labute approximate surface area is 95.3 Å². The Bertz CT molecular complexity index is 287. The van der Waals surface area contributed by atoms with Crippen LogP contribution in [0.25, 0.3) is 0 Å². The smallest absolute Gasteiger partial charge is 0.344 e. The lowest BCUT2D eigenvalue weighted by Crippen LogP contribution is -2.24. The van der Waals surface area contributed by atoms with Crippen molar-refractivity contribution in [3.05, 3.63) is 11.8 Å². The average molecular weight is 226 g/mol. The minimum Gasteiger partial charge on any atom is -0.515 e. The van der Waals surface area contributed by atoms with Crippen LogP contribution in [0.4, 0.5) is 0 Å². The third-order valence-corrected chi connectivity index (χ3v) is 2.87. The number of esters is 1. The van der Waals surface area contributed by atoms with Crippen molar-refractivity contribution < 1.29 is 19.4 Å². The Morgan fingerprint density at radius 1 is 1.31 bits per heavy atom. The van der Waals surface area contributed by atoms with Crippen molar-refractivity contribution in [1.82, 2.24) is 0 Å². The summed E-state index contributed by atoms with van der Waals surface area (Å²) in [7, 11) is 0. The van der Waals surface area contributed by atoms with Gasteiger partial charge in [0, 0.05) is 5.92 Å². The molecule has 0 radical (unpaired) electrons. The molecule has 1 fully saturated rings. The molecular weight excluding hydrogens is 208 g/mol. The second kappa shape index (κ2) is 6.30. The highest BCUT2D eigenvalue weighted by Crippen LogP contribution is 2.26. The van der Waals surface area contributed by atoms with Gasteiger partial charge in [0.1, 0.15) is 5.57 Å². The van der Waals surface area contributed by atoms with Crippen molar-refractivity contribution in [2.24, 2.45) is 5.92 Å². The summed E-state index contributed by atoms with van der Waals surface area (Å²) >= 11 is 0. The van der Waals surface area contributed by atoms with E-state index in [0.29, 0.717) is 6.26 Å². The Hall–Kier alpha value is -1.32. The van der Waals surface area contributed by atoms with Gasteiger partial charge < -0.3 is 9.84 Å². The fourth-order valence-corrected chi connectivity index (χ4v) is 2.01. The van der Waals surface area contributed by atoms with Gasteiger partial charge in [-0.15, -0.1) is 0 Å². The predicted octanol–water partition coefficient (Wildman–Crippen LogP) is 2.14. The van der Waals surface area contributed by atoms with Gasteiger partial charge in [-0.1, -0.05) is 19.3 Å². The first-order valence-electron chi connectivity index (χ1n) is 5.76. The lowest BCUT2D eigenvalue weighted by Gasteiger charge is -2.20. The number of hydrogen-bond donors (Lipinski definition) is 1. The average Bonchev–Trinajstić information content (AvgIpc) is 2.31. The molecule has 1 aliphatic rings. The molecule has 1 saturated carbocycles. The maximum Gasteiger partial charge on any atom is 0.344 e. The van der Waals surface area contributed by atoms with Gasteiger partial charge in [0.2, 0.25) is 0 Å². The predicted molar refractivity (Wildman–Crippen MR) is 58.9 cm³/mol. The number of hydrogen-bond acceptors (Lipinski definition) is 4. The molecule has 0 spiro atoms. The first kappa shape index (κ1) is 12.7. The van der Waals surface area contributed by atoms with Gasteiger partial charge in [-0.2, -0.15) is 0 Å². The van der Waals surface area contributed by atoms with Crippen LogP contribution in [0.1, 0.15) is 39.0 Å². The third kappa shape index (κ3) is 3.08. The number of aliphatic hydroxyl groups excluding tert-OH is 1. The number of ketones is 1. The fourth-order valence-electron chi connectivity index (χ4n) is 2.01. The molecular formula is C12H18O4. The molecule has 1 aliphatic carbocycles. The summed E-state index contributed by atoms with van der Waals surface area (Å²) in [6.45, 7) is 1.87. The zero-order chi connectivity index (χ0) is 12.0. The van der Waals surface area contributed by atoms with Gasteiger partial charge in [0.05, 0.1) is 12.9 Å². The second-order valence-electron chi connectivity index (χ2n) is 3.96. The van der Waals surface area contributed by atoms with E-state index in [1.54, 1.807) is 6.92 Å². The van der Waals surface area contributed by atoms with E-state index in [1.165, 1.54) is 0 Å². The summed E-state index contributed by atoms with van der Waals surface area (Å²) < 4.78 is 4.72. The minimum atomic E-state index is -0.722. The molecule has 0 bridgehead atoms. The maximum atomic E-state index is 11.9. The number of ether oxygens (including phenoxy) is 1. The minimum absolute atomic E-state index is 0.128. The second-order valence-corrected chi connectivity index (χ2v) is 3.96. The highest BCUT2D eigenvalue weighted by Gasteiger charge is 2.28. The monoisotopic (exact) mass is 226 g/mol. The van der Waals surface area contributed by atoms with Crippen LogP contribution in [0.5, 0.6) is 0 Å². The molecule has 0 unspecified atom stereocenters. The normalized spacial score (nSPS) is 18.2. The van der Waals surface area contributed by atoms with E-state index in [2.05, 4.69) is 0 Å². The summed E-state index contributed by atoms with van der Waals surface area (Å²) in [6.07, 6.45) is 5.34. The molecule has 0 atom stereocenters. The Morgan fingerprint density at radius 3 is 2.44 bits per heavy atom. The zero-order valence-electron chi connectivity index (χ0n) is 9.57. The highest BCUT2D eigenvalue weighted by atomic mass is 16.5. The van der Waals surface area contributed by atoms with Gasteiger partial charge in [-0.25, -0.2) is 4.79 Å². The Morgan fingerprint density at radius 2 is 1.94 bits per heavy atom. The molecule has 0 heterocycles. The van der Waals surface area contributed by atoms with Gasteiger partial charge in [-0.3, -0.25) is 4.79 Å². The molecule has 1 rings (SSSR count). The number of Topliss-reactive ketones (excluding diaryl/α,β-unsaturated/α-hetero) is 1. The van der Waals surface area contributed by atoms with Crippen LogP contribution in [0.2, 0.25) is 0 Å². The molecule has 90 valence electrons. The summed E-state index contributed by atoms with van der Waals surface area (Å²) in [4.78, 5) is 23.3. The summed E-state index contributed by atoms with van der Waals surface area (Å²) in [5.74, 6) is -1.13. The van der Waals surface area contributed by atoms with Crippen molar-refractivity contribution in [2.45, 2.75) is 39.0 Å². The highest BCUT2D eigenvalue weighted by molar-refractivity contribution is 6.17. The van der Waals surface area contributed by atoms with E-state index in [-0.39, 0.29) is 23.9 Å². The van der Waals surface area contributed by atoms with Crippen LogP contribution in [0.3, 0.4) is 0 Å². The zero-order valence-corrected chi connectivity index (χ0v) is 9.57. The molecule has 0 aromatic heterocycles. The summed E-state index contributed by atoms with van der Waals surface area (Å²) in [6, 6.07) is 0. The van der Waals surface area contributed by atoms with Crippen molar-refractivity contribution in [3.8, 4) is 0 Å². The first-order chi connectivity index (χ1) is 7.70. The topological polar surface area (TPSA) is 63.6 Å². The molecule has 0 saturated heterocycles. The van der Waals surface area contributed by atoms with Gasteiger partial charge in [0.25, 0.3) is 0 Å². The molecule has 0 aliphatic heterocycles. The number of aliphatic hydroxyl groups is 1. The third-order valence-electron chi connectivity index (χ3n) is 2.87. The molecule has 4 nitrogen and oxygen atoms in total. The van der Waals surface area contributed by atoms with Crippen LogP contribution in [0, 0.1) is 5.92 Å². The number of rotatable bonds is 4. The van der Waals surface area contributed by atoms with E-state index in [9.17, 15) is 9.59 Å². The van der Waals surface area contributed by atoms with Crippen molar-refractivity contribution in [3.63, 3.8) is 0 Å². The summed E-state index contributed by atoms with van der Waals surface area (Å²) in [5, 5.41) is 8.94. The fraction of sp³-hybridized carbons (Fsp3) is 0.667. The van der Waals surface area contributed by atoms with Gasteiger partial charge in [0.15, 0.2) is 5.78 Å². The van der Waals surface area contributed by atoms with Crippen LogP contribution < -0.4 is 0 Å². The maximum absolute atomic E-state index is 11.9. The largest absolute Gasteiger partial charge is 0.515 e. The lowest BCUT2D eigenvalue weighted by atomic mass is 9.84. The van der Waals surface area contributed by atoms with Crippen LogP contribution in [-0.2, 0) is 14.3 Å². The van der Waals surface area contributed by atoms with Crippen molar-refractivity contribution in [1.29, 1.82) is 0 Å². The SMILES string of the molecule is CCOC(=O)C(=CO)C(=O)C1CCCCC1. The van der Waals surface area contributed by atoms with Crippen LogP contribution in [0.15, 0.2) is 11.8 Å². The molecule has 0 aromatic carbocycles. The molecule has 0 aromatic rings. The van der Waals surface area contributed by atoms with Gasteiger partial charge in [-0.05, 0) is 19.8 Å². The Balaban J connectivity index is 2.65. The van der Waals surface area contributed by atoms with Crippen molar-refractivity contribution in [2.75, 3.05) is 6.61 Å². The molecule has 16 heavy (non-hydrogen) atoms. The number of carbonyl (C=O) groups excluding carboxylic acids is 2. The standard InChI is InChI=1S/C12H18O4/c1-2-16-12(15)10(8-13)11(14)9-6-4-3-5-7-9/h8-9,13H,2-7H2,1H3. The van der Waals surface area contributed by atoms with Crippen LogP contribution in [-0.4, -0.2) is 23.5 Å². The van der Waals surface area contributed by atoms with E-state index in [0.717, 1.165) is 32.1 Å². The number of carbonyl (C=O) groups is 2. The molecule has 0 amide bonds. The van der Waals surface area contributed by atoms with Crippen molar-refractivity contribution >= 4 is 11.8 Å².